The topological polar surface area (TPSA) is 83.9 Å². The van der Waals surface area contributed by atoms with Gasteiger partial charge < -0.3 is 9.88 Å². The highest BCUT2D eigenvalue weighted by Crippen LogP contribution is 2.27. The third-order valence-electron chi connectivity index (χ3n) is 6.69. The van der Waals surface area contributed by atoms with Crippen LogP contribution in [0.15, 0.2) is 59.5 Å². The van der Waals surface area contributed by atoms with Crippen molar-refractivity contribution in [2.24, 2.45) is 0 Å². The number of carbonyl (C=O) groups excluding carboxylic acids is 1. The SMILES string of the molecule is CC(C)c1ccccc1-c1ncc2[nH]c(=O)n(Cc3ccc(C(=O)N4CCC[C@H]4C)cc3)c2n1. The first-order valence-corrected chi connectivity index (χ1v) is 11.9. The molecule has 0 unspecified atom stereocenters. The Morgan fingerprint density at radius 3 is 2.62 bits per heavy atom. The van der Waals surface area contributed by atoms with E-state index in [0.717, 1.165) is 30.5 Å². The first-order valence-electron chi connectivity index (χ1n) is 11.9. The number of amides is 1. The fourth-order valence-electron chi connectivity index (χ4n) is 4.76. The van der Waals surface area contributed by atoms with E-state index in [1.165, 1.54) is 5.56 Å². The Kier molecular flexibility index (Phi) is 5.77. The maximum atomic E-state index is 12.8. The Hall–Kier alpha value is -3.74. The number of benzene rings is 2. The van der Waals surface area contributed by atoms with Gasteiger partial charge in [0.15, 0.2) is 11.5 Å². The van der Waals surface area contributed by atoms with E-state index < -0.39 is 0 Å². The zero-order valence-corrected chi connectivity index (χ0v) is 19.8. The summed E-state index contributed by atoms with van der Waals surface area (Å²) in [4.78, 5) is 39.6. The lowest BCUT2D eigenvalue weighted by atomic mass is 9.97. The second kappa shape index (κ2) is 8.89. The van der Waals surface area contributed by atoms with Crippen LogP contribution in [0, 0.1) is 0 Å². The van der Waals surface area contributed by atoms with Crippen LogP contribution in [0.2, 0.25) is 0 Å². The summed E-state index contributed by atoms with van der Waals surface area (Å²) in [5, 5.41) is 0. The highest BCUT2D eigenvalue weighted by Gasteiger charge is 2.25. The molecule has 0 radical (unpaired) electrons. The van der Waals surface area contributed by atoms with E-state index in [2.05, 4.69) is 36.8 Å². The van der Waals surface area contributed by atoms with Gasteiger partial charge in [0.25, 0.3) is 5.91 Å². The van der Waals surface area contributed by atoms with Crippen LogP contribution in [0.1, 0.15) is 61.0 Å². The Balaban J connectivity index is 1.45. The number of rotatable bonds is 5. The Labute approximate surface area is 198 Å². The second-order valence-electron chi connectivity index (χ2n) is 9.38. The molecule has 0 saturated carbocycles. The molecular formula is C27H29N5O2. The van der Waals surface area contributed by atoms with Crippen molar-refractivity contribution in [1.29, 1.82) is 0 Å². The van der Waals surface area contributed by atoms with Gasteiger partial charge in [0.1, 0.15) is 5.52 Å². The molecule has 1 aliphatic rings. The maximum Gasteiger partial charge on any atom is 0.328 e. The minimum absolute atomic E-state index is 0.0713. The smallest absolute Gasteiger partial charge is 0.328 e. The van der Waals surface area contributed by atoms with E-state index in [1.54, 1.807) is 10.8 Å². The molecule has 0 aliphatic carbocycles. The molecule has 2 aromatic carbocycles. The second-order valence-corrected chi connectivity index (χ2v) is 9.38. The van der Waals surface area contributed by atoms with Crippen LogP contribution in [-0.4, -0.2) is 42.9 Å². The number of hydrogen-bond donors (Lipinski definition) is 1. The summed E-state index contributed by atoms with van der Waals surface area (Å²) < 4.78 is 1.62. The molecule has 34 heavy (non-hydrogen) atoms. The van der Waals surface area contributed by atoms with E-state index in [1.807, 2.05) is 47.4 Å². The third-order valence-corrected chi connectivity index (χ3v) is 6.69. The van der Waals surface area contributed by atoms with E-state index in [9.17, 15) is 9.59 Å². The van der Waals surface area contributed by atoms with Gasteiger partial charge in [-0.3, -0.25) is 9.36 Å². The highest BCUT2D eigenvalue weighted by atomic mass is 16.2. The van der Waals surface area contributed by atoms with Gasteiger partial charge in [-0.05, 0) is 48.9 Å². The molecule has 1 aliphatic heterocycles. The number of fused-ring (bicyclic) bond motifs is 1. The number of nitrogens with zero attached hydrogens (tertiary/aromatic N) is 4. The van der Waals surface area contributed by atoms with Gasteiger partial charge in [-0.1, -0.05) is 50.2 Å². The van der Waals surface area contributed by atoms with Gasteiger partial charge in [-0.25, -0.2) is 14.8 Å². The molecule has 7 nitrogen and oxygen atoms in total. The molecule has 1 saturated heterocycles. The van der Waals surface area contributed by atoms with E-state index >= 15 is 0 Å². The van der Waals surface area contributed by atoms with Crippen LogP contribution in [-0.2, 0) is 6.54 Å². The molecule has 7 heteroatoms. The average Bonchev–Trinajstić information content (AvgIpc) is 3.41. The number of nitrogens with one attached hydrogen (secondary N) is 1. The molecule has 1 atom stereocenters. The molecule has 1 amide bonds. The van der Waals surface area contributed by atoms with E-state index in [4.69, 9.17) is 4.98 Å². The maximum absolute atomic E-state index is 12.8. The van der Waals surface area contributed by atoms with Crippen molar-refractivity contribution < 1.29 is 4.79 Å². The van der Waals surface area contributed by atoms with Crippen molar-refractivity contribution in [3.8, 4) is 11.4 Å². The largest absolute Gasteiger partial charge is 0.336 e. The first-order chi connectivity index (χ1) is 16.4. The van der Waals surface area contributed by atoms with Crippen molar-refractivity contribution in [3.63, 3.8) is 0 Å². The summed E-state index contributed by atoms with van der Waals surface area (Å²) in [5.41, 5.74) is 4.68. The fraction of sp³-hybridized carbons (Fsp3) is 0.333. The van der Waals surface area contributed by atoms with E-state index in [0.29, 0.717) is 35.0 Å². The number of likely N-dealkylation sites (tertiary alicyclic amines) is 1. The summed E-state index contributed by atoms with van der Waals surface area (Å²) in [6.45, 7) is 7.55. The summed E-state index contributed by atoms with van der Waals surface area (Å²) in [7, 11) is 0. The standard InChI is InChI=1S/C27H29N5O2/c1-17(2)21-8-4-5-9-22(21)24-28-15-23-25(30-24)32(27(34)29-23)16-19-10-12-20(13-11-19)26(33)31-14-6-7-18(31)3/h4-5,8-13,15,17-18H,6-7,14,16H2,1-3H3,(H,29,34)/t18-/m1/s1. The lowest BCUT2D eigenvalue weighted by Gasteiger charge is -2.21. The number of aromatic nitrogens is 4. The molecule has 0 bridgehead atoms. The lowest BCUT2D eigenvalue weighted by molar-refractivity contribution is 0.0747. The molecule has 4 aromatic rings. The predicted molar refractivity (Wildman–Crippen MR) is 133 cm³/mol. The van der Waals surface area contributed by atoms with Gasteiger partial charge in [0, 0.05) is 23.7 Å². The third kappa shape index (κ3) is 4.02. The van der Waals surface area contributed by atoms with Crippen molar-refractivity contribution >= 4 is 17.1 Å². The minimum atomic E-state index is -0.232. The van der Waals surface area contributed by atoms with Gasteiger partial charge in [0.2, 0.25) is 0 Å². The Morgan fingerprint density at radius 1 is 1.15 bits per heavy atom. The van der Waals surface area contributed by atoms with Crippen molar-refractivity contribution in [2.75, 3.05) is 6.54 Å². The summed E-state index contributed by atoms with van der Waals surface area (Å²) in [6.07, 6.45) is 3.78. The number of aromatic amines is 1. The van der Waals surface area contributed by atoms with E-state index in [-0.39, 0.29) is 17.6 Å². The van der Waals surface area contributed by atoms with Gasteiger partial charge in [-0.15, -0.1) is 0 Å². The zero-order chi connectivity index (χ0) is 23.8. The van der Waals surface area contributed by atoms with Crippen LogP contribution in [0.4, 0.5) is 0 Å². The normalized spacial score (nSPS) is 16.0. The van der Waals surface area contributed by atoms with Crippen molar-refractivity contribution in [3.05, 3.63) is 81.9 Å². The molecule has 3 heterocycles. The highest BCUT2D eigenvalue weighted by molar-refractivity contribution is 5.94. The number of H-pyrrole nitrogens is 1. The number of imidazole rings is 1. The van der Waals surface area contributed by atoms with Crippen LogP contribution < -0.4 is 5.69 Å². The molecular weight excluding hydrogens is 426 g/mol. The number of hydrogen-bond acceptors (Lipinski definition) is 4. The Morgan fingerprint density at radius 2 is 1.91 bits per heavy atom. The molecule has 1 fully saturated rings. The average molecular weight is 456 g/mol. The van der Waals surface area contributed by atoms with Gasteiger partial charge in [0.05, 0.1) is 12.7 Å². The van der Waals surface area contributed by atoms with Crippen LogP contribution in [0.25, 0.3) is 22.6 Å². The zero-order valence-electron chi connectivity index (χ0n) is 19.8. The van der Waals surface area contributed by atoms with Crippen molar-refractivity contribution in [1.82, 2.24) is 24.4 Å². The summed E-state index contributed by atoms with van der Waals surface area (Å²) >= 11 is 0. The predicted octanol–water partition coefficient (Wildman–Crippen LogP) is 4.58. The van der Waals surface area contributed by atoms with Crippen LogP contribution >= 0.6 is 0 Å². The molecule has 2 aromatic heterocycles. The fourth-order valence-corrected chi connectivity index (χ4v) is 4.76. The van der Waals surface area contributed by atoms with Gasteiger partial charge in [-0.2, -0.15) is 0 Å². The van der Waals surface area contributed by atoms with Crippen LogP contribution in [0.3, 0.4) is 0 Å². The minimum Gasteiger partial charge on any atom is -0.336 e. The molecule has 174 valence electrons. The molecule has 1 N–H and O–H groups in total. The summed E-state index contributed by atoms with van der Waals surface area (Å²) in [5.74, 6) is 1.00. The summed E-state index contributed by atoms with van der Waals surface area (Å²) in [6, 6.07) is 15.9. The van der Waals surface area contributed by atoms with Crippen molar-refractivity contribution in [2.45, 2.75) is 52.1 Å². The molecule has 5 rings (SSSR count). The lowest BCUT2D eigenvalue weighted by Crippen LogP contribution is -2.33. The first kappa shape index (κ1) is 22.1. The monoisotopic (exact) mass is 455 g/mol. The Bertz CT molecular complexity index is 1400. The molecule has 0 spiro atoms. The number of carbonyl (C=O) groups is 1. The van der Waals surface area contributed by atoms with Crippen LogP contribution in [0.5, 0.6) is 0 Å². The van der Waals surface area contributed by atoms with Gasteiger partial charge >= 0.3 is 5.69 Å². The quantitative estimate of drug-likeness (QED) is 0.477.